The standard InChI is InChI=1S/C15H29N/c1-5-12(4)7-15(10-16-11(2)3)8-13-6-14(13)9-15/h11-14,16H,5-10H2,1-4H3. The first-order chi connectivity index (χ1) is 7.54. The Morgan fingerprint density at radius 1 is 1.19 bits per heavy atom. The molecular formula is C15H29N. The van der Waals surface area contributed by atoms with Gasteiger partial charge in [0.05, 0.1) is 0 Å². The SMILES string of the molecule is CCC(C)CC1(CNC(C)C)CC2CC2C1. The summed E-state index contributed by atoms with van der Waals surface area (Å²) >= 11 is 0. The molecule has 1 nitrogen and oxygen atoms in total. The number of hydrogen-bond donors (Lipinski definition) is 1. The van der Waals surface area contributed by atoms with Crippen LogP contribution in [0.5, 0.6) is 0 Å². The molecule has 2 aliphatic carbocycles. The topological polar surface area (TPSA) is 12.0 Å². The molecule has 1 N–H and O–H groups in total. The van der Waals surface area contributed by atoms with E-state index in [9.17, 15) is 0 Å². The fraction of sp³-hybridized carbons (Fsp3) is 1.00. The third kappa shape index (κ3) is 2.80. The van der Waals surface area contributed by atoms with Crippen LogP contribution in [-0.4, -0.2) is 12.6 Å². The first kappa shape index (κ1) is 12.4. The maximum absolute atomic E-state index is 3.70. The van der Waals surface area contributed by atoms with E-state index in [2.05, 4.69) is 33.0 Å². The average molecular weight is 223 g/mol. The van der Waals surface area contributed by atoms with Crippen LogP contribution in [-0.2, 0) is 0 Å². The molecule has 2 rings (SSSR count). The highest BCUT2D eigenvalue weighted by Gasteiger charge is 2.53. The van der Waals surface area contributed by atoms with E-state index < -0.39 is 0 Å². The molecule has 94 valence electrons. The van der Waals surface area contributed by atoms with E-state index in [0.29, 0.717) is 11.5 Å². The molecule has 0 amide bonds. The molecule has 0 aliphatic heterocycles. The smallest absolute Gasteiger partial charge is 0.00106 e. The van der Waals surface area contributed by atoms with Crippen molar-refractivity contribution in [1.82, 2.24) is 5.32 Å². The van der Waals surface area contributed by atoms with Crippen molar-refractivity contribution in [2.75, 3.05) is 6.54 Å². The Labute approximate surface area is 101 Å². The monoisotopic (exact) mass is 223 g/mol. The molecule has 3 atom stereocenters. The Kier molecular flexibility index (Phi) is 3.63. The quantitative estimate of drug-likeness (QED) is 0.721. The zero-order valence-corrected chi connectivity index (χ0v) is 11.6. The van der Waals surface area contributed by atoms with Crippen molar-refractivity contribution in [2.45, 2.75) is 65.8 Å². The van der Waals surface area contributed by atoms with Crippen molar-refractivity contribution in [2.24, 2.45) is 23.2 Å². The van der Waals surface area contributed by atoms with Crippen LogP contribution in [0.25, 0.3) is 0 Å². The molecule has 0 aromatic heterocycles. The fourth-order valence-corrected chi connectivity index (χ4v) is 3.69. The molecule has 3 unspecified atom stereocenters. The largest absolute Gasteiger partial charge is 0.314 e. The molecule has 1 heteroatoms. The van der Waals surface area contributed by atoms with Crippen LogP contribution in [0.4, 0.5) is 0 Å². The maximum Gasteiger partial charge on any atom is 0.00106 e. The van der Waals surface area contributed by atoms with Gasteiger partial charge >= 0.3 is 0 Å². The van der Waals surface area contributed by atoms with Gasteiger partial charge in [-0.1, -0.05) is 34.1 Å². The van der Waals surface area contributed by atoms with Crippen molar-refractivity contribution in [1.29, 1.82) is 0 Å². The zero-order chi connectivity index (χ0) is 11.8. The Morgan fingerprint density at radius 2 is 1.81 bits per heavy atom. The molecule has 2 saturated carbocycles. The van der Waals surface area contributed by atoms with Crippen molar-refractivity contribution in [3.05, 3.63) is 0 Å². The van der Waals surface area contributed by atoms with Gasteiger partial charge in [-0.2, -0.15) is 0 Å². The van der Waals surface area contributed by atoms with E-state index in [1.165, 1.54) is 32.2 Å². The lowest BCUT2D eigenvalue weighted by atomic mass is 9.75. The minimum atomic E-state index is 0.644. The summed E-state index contributed by atoms with van der Waals surface area (Å²) in [6.45, 7) is 10.6. The van der Waals surface area contributed by atoms with Crippen LogP contribution in [0.1, 0.15) is 59.8 Å². The van der Waals surface area contributed by atoms with Gasteiger partial charge in [0.2, 0.25) is 0 Å². The first-order valence-electron chi connectivity index (χ1n) is 7.28. The number of nitrogens with one attached hydrogen (secondary N) is 1. The normalized spacial score (nSPS) is 38.8. The van der Waals surface area contributed by atoms with Gasteiger partial charge in [-0.15, -0.1) is 0 Å². The Morgan fingerprint density at radius 3 is 2.31 bits per heavy atom. The predicted octanol–water partition coefficient (Wildman–Crippen LogP) is 3.84. The molecule has 0 radical (unpaired) electrons. The maximum atomic E-state index is 3.70. The van der Waals surface area contributed by atoms with E-state index in [4.69, 9.17) is 0 Å². The third-order valence-corrected chi connectivity index (χ3v) is 4.82. The summed E-state index contributed by atoms with van der Waals surface area (Å²) in [6, 6.07) is 0.644. The van der Waals surface area contributed by atoms with Gasteiger partial charge in [-0.3, -0.25) is 0 Å². The number of rotatable bonds is 6. The van der Waals surface area contributed by atoms with Gasteiger partial charge in [0.15, 0.2) is 0 Å². The second-order valence-electron chi connectivity index (χ2n) is 6.92. The summed E-state index contributed by atoms with van der Waals surface area (Å²) in [5, 5.41) is 3.70. The van der Waals surface area contributed by atoms with E-state index in [1.54, 1.807) is 6.42 Å². The second-order valence-corrected chi connectivity index (χ2v) is 6.92. The van der Waals surface area contributed by atoms with E-state index >= 15 is 0 Å². The summed E-state index contributed by atoms with van der Waals surface area (Å²) in [7, 11) is 0. The van der Waals surface area contributed by atoms with Crippen LogP contribution in [0, 0.1) is 23.2 Å². The van der Waals surface area contributed by atoms with Crippen LogP contribution in [0.2, 0.25) is 0 Å². The lowest BCUT2D eigenvalue weighted by Crippen LogP contribution is -2.38. The van der Waals surface area contributed by atoms with Gasteiger partial charge in [0.25, 0.3) is 0 Å². The molecule has 0 heterocycles. The molecule has 0 aromatic carbocycles. The minimum absolute atomic E-state index is 0.644. The Balaban J connectivity index is 1.90. The Bertz CT molecular complexity index is 224. The van der Waals surface area contributed by atoms with Gasteiger partial charge in [0, 0.05) is 12.6 Å². The molecule has 0 saturated heterocycles. The average Bonchev–Trinajstić information content (AvgIpc) is 2.84. The summed E-state index contributed by atoms with van der Waals surface area (Å²) < 4.78 is 0. The highest BCUT2D eigenvalue weighted by molar-refractivity contribution is 5.04. The molecule has 16 heavy (non-hydrogen) atoms. The summed E-state index contributed by atoms with van der Waals surface area (Å²) in [5.74, 6) is 3.13. The highest BCUT2D eigenvalue weighted by Crippen LogP contribution is 2.61. The molecule has 0 spiro atoms. The fourth-order valence-electron chi connectivity index (χ4n) is 3.69. The van der Waals surface area contributed by atoms with Crippen molar-refractivity contribution in [3.63, 3.8) is 0 Å². The van der Waals surface area contributed by atoms with Gasteiger partial charge in [-0.25, -0.2) is 0 Å². The van der Waals surface area contributed by atoms with Crippen LogP contribution in [0.15, 0.2) is 0 Å². The molecule has 0 bridgehead atoms. The van der Waals surface area contributed by atoms with Crippen LogP contribution >= 0.6 is 0 Å². The summed E-state index contributed by atoms with van der Waals surface area (Å²) in [5.41, 5.74) is 0.660. The second kappa shape index (κ2) is 4.68. The van der Waals surface area contributed by atoms with Crippen molar-refractivity contribution >= 4 is 0 Å². The van der Waals surface area contributed by atoms with Gasteiger partial charge in [-0.05, 0) is 48.9 Å². The van der Waals surface area contributed by atoms with E-state index in [-0.39, 0.29) is 0 Å². The van der Waals surface area contributed by atoms with Crippen LogP contribution in [0.3, 0.4) is 0 Å². The van der Waals surface area contributed by atoms with E-state index in [1.807, 2.05) is 0 Å². The highest BCUT2D eigenvalue weighted by atomic mass is 14.9. The van der Waals surface area contributed by atoms with Gasteiger partial charge in [0.1, 0.15) is 0 Å². The molecular weight excluding hydrogens is 194 g/mol. The van der Waals surface area contributed by atoms with Crippen LogP contribution < -0.4 is 5.32 Å². The predicted molar refractivity (Wildman–Crippen MR) is 70.5 cm³/mol. The lowest BCUT2D eigenvalue weighted by molar-refractivity contribution is 0.188. The van der Waals surface area contributed by atoms with Crippen molar-refractivity contribution < 1.29 is 0 Å². The number of fused-ring (bicyclic) bond motifs is 1. The Hall–Kier alpha value is -0.0400. The minimum Gasteiger partial charge on any atom is -0.314 e. The van der Waals surface area contributed by atoms with E-state index in [0.717, 1.165) is 17.8 Å². The molecule has 0 aromatic rings. The molecule has 2 aliphatic rings. The third-order valence-electron chi connectivity index (χ3n) is 4.82. The summed E-state index contributed by atoms with van der Waals surface area (Å²) in [4.78, 5) is 0. The number of hydrogen-bond acceptors (Lipinski definition) is 1. The summed E-state index contributed by atoms with van der Waals surface area (Å²) in [6.07, 6.45) is 7.38. The zero-order valence-electron chi connectivity index (χ0n) is 11.6. The first-order valence-corrected chi connectivity index (χ1v) is 7.28. The lowest BCUT2D eigenvalue weighted by Gasteiger charge is -2.34. The molecule has 2 fully saturated rings. The van der Waals surface area contributed by atoms with Crippen molar-refractivity contribution in [3.8, 4) is 0 Å². The van der Waals surface area contributed by atoms with Gasteiger partial charge < -0.3 is 5.32 Å².